The van der Waals surface area contributed by atoms with Crippen molar-refractivity contribution in [3.63, 3.8) is 0 Å². The van der Waals surface area contributed by atoms with Crippen LogP contribution in [0.15, 0.2) is 49.1 Å². The van der Waals surface area contributed by atoms with E-state index >= 15 is 0 Å². The van der Waals surface area contributed by atoms with Gasteiger partial charge in [-0.1, -0.05) is 12.1 Å². The summed E-state index contributed by atoms with van der Waals surface area (Å²) in [5.41, 5.74) is 8.12. The third kappa shape index (κ3) is 4.54. The number of nitrogen functional groups attached to an aromatic ring is 1. The third-order valence-corrected chi connectivity index (χ3v) is 3.47. The van der Waals surface area contributed by atoms with E-state index in [0.29, 0.717) is 0 Å². The fourth-order valence-electron chi connectivity index (χ4n) is 2.32. The largest absolute Gasteiger partial charge is 0.368 e. The highest BCUT2D eigenvalue weighted by Gasteiger charge is 2.06. The SMILES string of the molecule is Nc1nc(CCc2cccnc2)nc(CCc2cccnc2)n1. The van der Waals surface area contributed by atoms with Crippen molar-refractivity contribution in [1.82, 2.24) is 24.9 Å². The predicted molar refractivity (Wildman–Crippen MR) is 87.5 cm³/mol. The Bertz CT molecular complexity index is 684. The second-order valence-electron chi connectivity index (χ2n) is 5.25. The Morgan fingerprint density at radius 1 is 0.696 bits per heavy atom. The summed E-state index contributed by atoms with van der Waals surface area (Å²) >= 11 is 0. The van der Waals surface area contributed by atoms with E-state index in [1.165, 1.54) is 0 Å². The van der Waals surface area contributed by atoms with Crippen LogP contribution in [-0.4, -0.2) is 24.9 Å². The topological polar surface area (TPSA) is 90.5 Å². The first-order valence-corrected chi connectivity index (χ1v) is 7.57. The van der Waals surface area contributed by atoms with Gasteiger partial charge in [-0.15, -0.1) is 0 Å². The van der Waals surface area contributed by atoms with E-state index in [-0.39, 0.29) is 5.95 Å². The molecule has 0 saturated carbocycles. The van der Waals surface area contributed by atoms with Gasteiger partial charge in [-0.3, -0.25) is 9.97 Å². The molecule has 116 valence electrons. The van der Waals surface area contributed by atoms with E-state index in [1.807, 2.05) is 36.7 Å². The molecule has 3 aromatic rings. The summed E-state index contributed by atoms with van der Waals surface area (Å²) in [6, 6.07) is 7.94. The van der Waals surface area contributed by atoms with Crippen LogP contribution in [0.1, 0.15) is 22.8 Å². The number of hydrogen-bond acceptors (Lipinski definition) is 6. The Labute approximate surface area is 134 Å². The molecule has 3 aromatic heterocycles. The third-order valence-electron chi connectivity index (χ3n) is 3.47. The monoisotopic (exact) mass is 306 g/mol. The van der Waals surface area contributed by atoms with Crippen molar-refractivity contribution in [2.45, 2.75) is 25.7 Å². The Balaban J connectivity index is 1.64. The lowest BCUT2D eigenvalue weighted by Crippen LogP contribution is -2.09. The van der Waals surface area contributed by atoms with Gasteiger partial charge in [-0.2, -0.15) is 9.97 Å². The van der Waals surface area contributed by atoms with Gasteiger partial charge in [0.1, 0.15) is 11.6 Å². The van der Waals surface area contributed by atoms with E-state index < -0.39 is 0 Å². The maximum atomic E-state index is 5.81. The number of hydrogen-bond donors (Lipinski definition) is 1. The minimum atomic E-state index is 0.280. The first-order chi connectivity index (χ1) is 11.3. The van der Waals surface area contributed by atoms with Gasteiger partial charge in [-0.05, 0) is 36.1 Å². The molecule has 0 amide bonds. The first-order valence-electron chi connectivity index (χ1n) is 7.57. The lowest BCUT2D eigenvalue weighted by Gasteiger charge is -2.05. The van der Waals surface area contributed by atoms with Crippen molar-refractivity contribution in [3.05, 3.63) is 71.8 Å². The van der Waals surface area contributed by atoms with Gasteiger partial charge >= 0.3 is 0 Å². The molecule has 0 aliphatic heterocycles. The van der Waals surface area contributed by atoms with Gasteiger partial charge in [-0.25, -0.2) is 4.98 Å². The number of rotatable bonds is 6. The predicted octanol–water partition coefficient (Wildman–Crippen LogP) is 1.81. The van der Waals surface area contributed by atoms with Crippen LogP contribution in [0.5, 0.6) is 0 Å². The minimum Gasteiger partial charge on any atom is -0.368 e. The van der Waals surface area contributed by atoms with Crippen molar-refractivity contribution in [2.75, 3.05) is 5.73 Å². The summed E-state index contributed by atoms with van der Waals surface area (Å²) in [5, 5.41) is 0. The zero-order valence-electron chi connectivity index (χ0n) is 12.8. The molecule has 0 fully saturated rings. The van der Waals surface area contributed by atoms with Crippen molar-refractivity contribution < 1.29 is 0 Å². The summed E-state index contributed by atoms with van der Waals surface area (Å²) in [7, 11) is 0. The molecule has 0 bridgehead atoms. The minimum absolute atomic E-state index is 0.280. The fourth-order valence-corrected chi connectivity index (χ4v) is 2.32. The molecule has 6 heteroatoms. The van der Waals surface area contributed by atoms with E-state index in [4.69, 9.17) is 5.73 Å². The molecule has 2 N–H and O–H groups in total. The van der Waals surface area contributed by atoms with Crippen LogP contribution in [0, 0.1) is 0 Å². The number of pyridine rings is 2. The van der Waals surface area contributed by atoms with E-state index in [1.54, 1.807) is 12.4 Å². The second kappa shape index (κ2) is 7.40. The van der Waals surface area contributed by atoms with Gasteiger partial charge in [0.15, 0.2) is 0 Å². The Morgan fingerprint density at radius 3 is 1.65 bits per heavy atom. The van der Waals surface area contributed by atoms with E-state index in [0.717, 1.165) is 48.5 Å². The normalized spacial score (nSPS) is 10.6. The van der Waals surface area contributed by atoms with Crippen molar-refractivity contribution >= 4 is 5.95 Å². The number of anilines is 1. The molecule has 3 heterocycles. The summed E-state index contributed by atoms with van der Waals surface area (Å²) in [5.74, 6) is 1.73. The molecule has 0 unspecified atom stereocenters. The van der Waals surface area contributed by atoms with Crippen molar-refractivity contribution in [2.24, 2.45) is 0 Å². The van der Waals surface area contributed by atoms with E-state index in [2.05, 4.69) is 24.9 Å². The zero-order valence-corrected chi connectivity index (χ0v) is 12.8. The quantitative estimate of drug-likeness (QED) is 0.747. The molecule has 0 radical (unpaired) electrons. The zero-order chi connectivity index (χ0) is 15.9. The molecule has 23 heavy (non-hydrogen) atoms. The molecule has 6 nitrogen and oxygen atoms in total. The number of aromatic nitrogens is 5. The fraction of sp³-hybridized carbons (Fsp3) is 0.235. The van der Waals surface area contributed by atoms with Crippen LogP contribution >= 0.6 is 0 Å². The number of nitrogens with two attached hydrogens (primary N) is 1. The molecule has 0 aliphatic carbocycles. The molecule has 0 aliphatic rings. The van der Waals surface area contributed by atoms with Crippen molar-refractivity contribution in [3.8, 4) is 0 Å². The number of nitrogens with zero attached hydrogens (tertiary/aromatic N) is 5. The smallest absolute Gasteiger partial charge is 0.223 e. The standard InChI is InChI=1S/C17H18N6/c18-17-22-15(7-5-13-3-1-9-19-11-13)21-16(23-17)8-6-14-4-2-10-20-12-14/h1-4,9-12H,5-8H2,(H2,18,21,22,23). The average molecular weight is 306 g/mol. The van der Waals surface area contributed by atoms with Crippen LogP contribution < -0.4 is 5.73 Å². The lowest BCUT2D eigenvalue weighted by atomic mass is 10.1. The van der Waals surface area contributed by atoms with Crippen LogP contribution in [0.25, 0.3) is 0 Å². The Kier molecular flexibility index (Phi) is 4.83. The highest BCUT2D eigenvalue weighted by atomic mass is 15.1. The second-order valence-corrected chi connectivity index (χ2v) is 5.25. The summed E-state index contributed by atoms with van der Waals surface area (Å²) in [4.78, 5) is 21.2. The molecule has 0 atom stereocenters. The van der Waals surface area contributed by atoms with E-state index in [9.17, 15) is 0 Å². The number of aryl methyl sites for hydroxylation is 4. The van der Waals surface area contributed by atoms with Crippen molar-refractivity contribution in [1.29, 1.82) is 0 Å². The molecule has 3 rings (SSSR count). The maximum Gasteiger partial charge on any atom is 0.223 e. The summed E-state index contributed by atoms with van der Waals surface area (Å²) in [6.45, 7) is 0. The molecular weight excluding hydrogens is 288 g/mol. The molecule has 0 aromatic carbocycles. The van der Waals surface area contributed by atoms with Gasteiger partial charge in [0.05, 0.1) is 0 Å². The Hall–Kier alpha value is -2.89. The average Bonchev–Trinajstić information content (AvgIpc) is 2.60. The van der Waals surface area contributed by atoms with Gasteiger partial charge in [0.25, 0.3) is 0 Å². The molecule has 0 saturated heterocycles. The maximum absolute atomic E-state index is 5.81. The summed E-state index contributed by atoms with van der Waals surface area (Å²) < 4.78 is 0. The highest BCUT2D eigenvalue weighted by Crippen LogP contribution is 2.07. The molecule has 0 spiro atoms. The van der Waals surface area contributed by atoms with Gasteiger partial charge in [0, 0.05) is 37.6 Å². The molecular formula is C17H18N6. The van der Waals surface area contributed by atoms with Gasteiger partial charge in [0.2, 0.25) is 5.95 Å². The Morgan fingerprint density at radius 2 is 1.22 bits per heavy atom. The lowest BCUT2D eigenvalue weighted by molar-refractivity contribution is 0.775. The van der Waals surface area contributed by atoms with Crippen LogP contribution in [-0.2, 0) is 25.7 Å². The van der Waals surface area contributed by atoms with Crippen LogP contribution in [0.2, 0.25) is 0 Å². The van der Waals surface area contributed by atoms with Crippen LogP contribution in [0.3, 0.4) is 0 Å². The van der Waals surface area contributed by atoms with Crippen LogP contribution in [0.4, 0.5) is 5.95 Å². The first kappa shape index (κ1) is 15.0. The van der Waals surface area contributed by atoms with Gasteiger partial charge < -0.3 is 5.73 Å². The highest BCUT2D eigenvalue weighted by molar-refractivity contribution is 5.18. The summed E-state index contributed by atoms with van der Waals surface area (Å²) in [6.07, 6.45) is 10.3.